The lowest BCUT2D eigenvalue weighted by molar-refractivity contribution is 0.241. The molecule has 1 N–H and O–H groups in total. The van der Waals surface area contributed by atoms with Gasteiger partial charge in [0.2, 0.25) is 5.44 Å². The molecule has 0 amide bonds. The van der Waals surface area contributed by atoms with Crippen LogP contribution in [0, 0.1) is 0 Å². The average molecular weight is 483 g/mol. The minimum atomic E-state index is -4.26. The second-order valence-electron chi connectivity index (χ2n) is 9.50. The van der Waals surface area contributed by atoms with Crippen LogP contribution in [0.4, 0.5) is 0 Å². The Morgan fingerprint density at radius 1 is 0.697 bits per heavy atom. The summed E-state index contributed by atoms with van der Waals surface area (Å²) in [5.41, 5.74) is 0.966. The molecule has 1 atom stereocenters. The number of unbranched alkanes of at least 4 members (excludes halogenated alkanes) is 12. The van der Waals surface area contributed by atoms with Gasteiger partial charge in [0.15, 0.2) is 0 Å². The van der Waals surface area contributed by atoms with Crippen LogP contribution < -0.4 is 4.74 Å². The van der Waals surface area contributed by atoms with Gasteiger partial charge in [0, 0.05) is 6.42 Å². The van der Waals surface area contributed by atoms with Gasteiger partial charge in [-0.2, -0.15) is 8.42 Å². The van der Waals surface area contributed by atoms with Crippen LogP contribution in [0.1, 0.15) is 135 Å². The summed E-state index contributed by atoms with van der Waals surface area (Å²) in [5, 5.41) is 0. The van der Waals surface area contributed by atoms with Crippen molar-refractivity contribution in [1.29, 1.82) is 0 Å². The van der Waals surface area contributed by atoms with E-state index in [9.17, 15) is 13.0 Å². The Labute approximate surface area is 204 Å². The van der Waals surface area contributed by atoms with E-state index in [1.807, 2.05) is 6.92 Å². The Morgan fingerprint density at radius 3 is 1.52 bits per heavy atom. The van der Waals surface area contributed by atoms with Crippen molar-refractivity contribution < 1.29 is 17.7 Å². The minimum absolute atomic E-state index is 0.293. The first-order valence-electron chi connectivity index (χ1n) is 13.7. The maximum absolute atomic E-state index is 11.9. The summed E-state index contributed by atoms with van der Waals surface area (Å²) in [5.74, 6) is 0.700. The molecule has 0 aliphatic rings. The number of benzene rings is 1. The fourth-order valence-corrected chi connectivity index (χ4v) is 5.12. The lowest BCUT2D eigenvalue weighted by Gasteiger charge is -2.21. The van der Waals surface area contributed by atoms with Gasteiger partial charge in [-0.1, -0.05) is 122 Å². The molecule has 0 spiro atoms. The molecule has 0 saturated carbocycles. The van der Waals surface area contributed by atoms with Gasteiger partial charge in [0.1, 0.15) is 5.75 Å². The Bertz CT molecular complexity index is 678. The van der Waals surface area contributed by atoms with Crippen LogP contribution in [0.15, 0.2) is 18.2 Å². The number of ether oxygens (including phenoxy) is 1. The zero-order valence-corrected chi connectivity index (χ0v) is 22.4. The van der Waals surface area contributed by atoms with E-state index in [0.29, 0.717) is 18.6 Å². The second-order valence-corrected chi connectivity index (χ2v) is 11.1. The average Bonchev–Trinajstić information content (AvgIpc) is 2.78. The topological polar surface area (TPSA) is 63.6 Å². The molecule has 1 aromatic carbocycles. The minimum Gasteiger partial charge on any atom is -0.471 e. The third-order valence-corrected chi connectivity index (χ3v) is 7.38. The summed E-state index contributed by atoms with van der Waals surface area (Å²) in [4.78, 5) is 0. The number of hydrogen-bond acceptors (Lipinski definition) is 3. The highest BCUT2D eigenvalue weighted by Crippen LogP contribution is 2.30. The highest BCUT2D eigenvalue weighted by atomic mass is 32.2. The summed E-state index contributed by atoms with van der Waals surface area (Å²) in [7, 11) is -4.26. The van der Waals surface area contributed by atoms with Crippen molar-refractivity contribution in [2.24, 2.45) is 0 Å². The molecule has 1 unspecified atom stereocenters. The van der Waals surface area contributed by atoms with Crippen LogP contribution in [-0.2, 0) is 23.0 Å². The lowest BCUT2D eigenvalue weighted by Crippen LogP contribution is -2.27. The summed E-state index contributed by atoms with van der Waals surface area (Å²) in [6.07, 6.45) is 20.1. The Balaban J connectivity index is 2.81. The van der Waals surface area contributed by atoms with Gasteiger partial charge in [-0.25, -0.2) is 0 Å². The molecule has 1 aromatic rings. The first-order valence-corrected chi connectivity index (χ1v) is 15.2. The fraction of sp³-hybridized carbons (Fsp3) is 0.786. The van der Waals surface area contributed by atoms with Gasteiger partial charge in [0.05, 0.1) is 0 Å². The standard InChI is InChI=1S/C28H50O4S/c1-4-7-9-11-13-15-17-21-25-23-19-24-26(22-18-16-14-12-10-8-5-2)28(25)32-27(20-6-3)33(29,30)31/h19,23-24,27H,4-18,20-22H2,1-3H3,(H,29,30,31). The summed E-state index contributed by atoms with van der Waals surface area (Å²) < 4.78 is 39.7. The van der Waals surface area contributed by atoms with Crippen molar-refractivity contribution in [1.82, 2.24) is 0 Å². The molecule has 0 bridgehead atoms. The quantitative estimate of drug-likeness (QED) is 0.141. The van der Waals surface area contributed by atoms with E-state index in [1.54, 1.807) is 0 Å². The third-order valence-electron chi connectivity index (χ3n) is 6.38. The number of rotatable bonds is 21. The van der Waals surface area contributed by atoms with Crippen LogP contribution in [0.25, 0.3) is 0 Å². The molecule has 0 saturated heterocycles. The van der Waals surface area contributed by atoms with Crippen molar-refractivity contribution >= 4 is 10.1 Å². The first-order chi connectivity index (χ1) is 15.9. The zero-order valence-electron chi connectivity index (χ0n) is 21.6. The van der Waals surface area contributed by atoms with E-state index < -0.39 is 15.6 Å². The molecule has 4 nitrogen and oxygen atoms in total. The van der Waals surface area contributed by atoms with Gasteiger partial charge < -0.3 is 4.74 Å². The van der Waals surface area contributed by atoms with E-state index >= 15 is 0 Å². The van der Waals surface area contributed by atoms with Gasteiger partial charge in [0.25, 0.3) is 0 Å². The summed E-state index contributed by atoms with van der Waals surface area (Å²) in [6.45, 7) is 6.38. The van der Waals surface area contributed by atoms with E-state index in [2.05, 4.69) is 32.0 Å². The van der Waals surface area contributed by atoms with Crippen molar-refractivity contribution in [2.45, 2.75) is 142 Å². The zero-order chi connectivity index (χ0) is 24.4. The number of aryl methyl sites for hydroxylation is 2. The maximum Gasteiger partial charge on any atom is 0.303 e. The van der Waals surface area contributed by atoms with Crippen LogP contribution in [0.5, 0.6) is 5.75 Å². The van der Waals surface area contributed by atoms with E-state index in [0.717, 1.165) is 36.8 Å². The third kappa shape index (κ3) is 13.4. The predicted octanol–water partition coefficient (Wildman–Crippen LogP) is 8.67. The van der Waals surface area contributed by atoms with Crippen LogP contribution in [-0.4, -0.2) is 18.4 Å². The lowest BCUT2D eigenvalue weighted by atomic mass is 9.98. The molecule has 5 heteroatoms. The molecule has 0 aromatic heterocycles. The monoisotopic (exact) mass is 482 g/mol. The highest BCUT2D eigenvalue weighted by molar-refractivity contribution is 7.86. The molecule has 0 aliphatic heterocycles. The van der Waals surface area contributed by atoms with E-state index in [4.69, 9.17) is 4.74 Å². The van der Waals surface area contributed by atoms with Gasteiger partial charge >= 0.3 is 10.1 Å². The van der Waals surface area contributed by atoms with E-state index in [-0.39, 0.29) is 0 Å². The van der Waals surface area contributed by atoms with Gasteiger partial charge in [-0.3, -0.25) is 4.55 Å². The van der Waals surface area contributed by atoms with Crippen molar-refractivity contribution in [3.63, 3.8) is 0 Å². The molecular formula is C28H50O4S. The molecule has 1 rings (SSSR count). The van der Waals surface area contributed by atoms with Crippen LogP contribution in [0.2, 0.25) is 0 Å². The number of hydrogen-bond donors (Lipinski definition) is 1. The van der Waals surface area contributed by atoms with Crippen molar-refractivity contribution in [3.05, 3.63) is 29.3 Å². The Hall–Kier alpha value is -1.07. The van der Waals surface area contributed by atoms with Crippen molar-refractivity contribution in [2.75, 3.05) is 0 Å². The largest absolute Gasteiger partial charge is 0.471 e. The summed E-state index contributed by atoms with van der Waals surface area (Å²) >= 11 is 0. The molecular weight excluding hydrogens is 432 g/mol. The first kappa shape index (κ1) is 30.0. The highest BCUT2D eigenvalue weighted by Gasteiger charge is 2.26. The normalized spacial score (nSPS) is 12.7. The van der Waals surface area contributed by atoms with Crippen LogP contribution in [0.3, 0.4) is 0 Å². The second kappa shape index (κ2) is 18.3. The van der Waals surface area contributed by atoms with Gasteiger partial charge in [-0.15, -0.1) is 0 Å². The van der Waals surface area contributed by atoms with Gasteiger partial charge in [-0.05, 0) is 36.8 Å². The van der Waals surface area contributed by atoms with Crippen molar-refractivity contribution in [3.8, 4) is 5.75 Å². The number of para-hydroxylation sites is 1. The maximum atomic E-state index is 11.9. The Kier molecular flexibility index (Phi) is 16.6. The molecule has 33 heavy (non-hydrogen) atoms. The predicted molar refractivity (Wildman–Crippen MR) is 141 cm³/mol. The Morgan fingerprint density at radius 2 is 1.12 bits per heavy atom. The van der Waals surface area contributed by atoms with Crippen LogP contribution >= 0.6 is 0 Å². The molecule has 192 valence electrons. The smallest absolute Gasteiger partial charge is 0.303 e. The van der Waals surface area contributed by atoms with E-state index in [1.165, 1.54) is 77.0 Å². The molecule has 0 heterocycles. The summed E-state index contributed by atoms with van der Waals surface area (Å²) in [6, 6.07) is 6.20. The fourth-order valence-electron chi connectivity index (χ4n) is 4.36. The molecule has 0 fully saturated rings. The molecule has 0 radical (unpaired) electrons. The molecule has 0 aliphatic carbocycles. The SMILES string of the molecule is CCCCCCCCCc1cccc(CCCCCCCCC)c1OC(CCC)S(=O)(=O)O.